The molecule has 4 nitrogen and oxygen atoms in total. The van der Waals surface area contributed by atoms with E-state index in [0.717, 1.165) is 22.4 Å². The van der Waals surface area contributed by atoms with Crippen LogP contribution in [0.4, 0.5) is 0 Å². The van der Waals surface area contributed by atoms with Crippen LogP contribution in [-0.4, -0.2) is 25.1 Å². The number of primary amides is 1. The van der Waals surface area contributed by atoms with Gasteiger partial charge in [0, 0.05) is 30.0 Å². The number of ether oxygens (including phenoxy) is 1. The van der Waals surface area contributed by atoms with Gasteiger partial charge >= 0.3 is 0 Å². The maximum Gasteiger partial charge on any atom is 0.218 e. The lowest BCUT2D eigenvalue weighted by molar-refractivity contribution is -0.118. The quantitative estimate of drug-likeness (QED) is 0.759. The minimum atomic E-state index is -0.317. The lowest BCUT2D eigenvalue weighted by Crippen LogP contribution is -2.29. The first-order valence-corrected chi connectivity index (χ1v) is 9.48. The molecule has 4 heteroatoms. The average Bonchev–Trinajstić information content (AvgIpc) is 2.59. The number of aryl methyl sites for hydroxylation is 1. The summed E-state index contributed by atoms with van der Waals surface area (Å²) < 4.78 is 5.43. The van der Waals surface area contributed by atoms with Crippen molar-refractivity contribution in [2.75, 3.05) is 7.11 Å². The van der Waals surface area contributed by atoms with Crippen molar-refractivity contribution in [3.63, 3.8) is 0 Å². The van der Waals surface area contributed by atoms with Crippen molar-refractivity contribution in [2.24, 2.45) is 5.73 Å². The van der Waals surface area contributed by atoms with Gasteiger partial charge < -0.3 is 15.8 Å². The molecule has 2 rings (SSSR count). The van der Waals surface area contributed by atoms with E-state index < -0.39 is 0 Å². The van der Waals surface area contributed by atoms with Gasteiger partial charge in [-0.3, -0.25) is 4.79 Å². The number of rotatable bonds is 7. The van der Waals surface area contributed by atoms with Gasteiger partial charge in [0.15, 0.2) is 0 Å². The van der Waals surface area contributed by atoms with Gasteiger partial charge in [0.25, 0.3) is 0 Å². The first-order valence-electron chi connectivity index (χ1n) is 9.48. The Balaban J connectivity index is 0.000000445. The Bertz CT molecular complexity index is 691. The van der Waals surface area contributed by atoms with E-state index in [0.29, 0.717) is 12.1 Å². The molecule has 0 aliphatic heterocycles. The second-order valence-electron chi connectivity index (χ2n) is 7.36. The van der Waals surface area contributed by atoms with Gasteiger partial charge in [0.2, 0.25) is 5.91 Å². The Labute approximate surface area is 164 Å². The zero-order valence-corrected chi connectivity index (χ0v) is 17.5. The minimum absolute atomic E-state index is 0.0800. The fourth-order valence-corrected chi connectivity index (χ4v) is 3.09. The molecule has 148 valence electrons. The van der Waals surface area contributed by atoms with E-state index in [4.69, 9.17) is 10.5 Å². The molecule has 0 fully saturated rings. The molecule has 27 heavy (non-hydrogen) atoms. The van der Waals surface area contributed by atoms with E-state index in [9.17, 15) is 4.79 Å². The monoisotopic (exact) mass is 370 g/mol. The zero-order valence-electron chi connectivity index (χ0n) is 17.5. The molecule has 0 heterocycles. The largest absolute Gasteiger partial charge is 0.496 e. The SMILES string of the molecule is CC(C)NC(C)C.COc1ccc(C)cc1C(CC(N)=O)c1ccccc1. The van der Waals surface area contributed by atoms with Crippen LogP contribution in [0.2, 0.25) is 0 Å². The summed E-state index contributed by atoms with van der Waals surface area (Å²) in [6.45, 7) is 10.6. The zero-order chi connectivity index (χ0) is 20.4. The second kappa shape index (κ2) is 11.4. The second-order valence-corrected chi connectivity index (χ2v) is 7.36. The van der Waals surface area contributed by atoms with Gasteiger partial charge in [0.1, 0.15) is 5.75 Å². The normalized spacial score (nSPS) is 11.7. The molecule has 0 aliphatic rings. The Morgan fingerprint density at radius 1 is 1.04 bits per heavy atom. The number of benzene rings is 2. The van der Waals surface area contributed by atoms with Crippen LogP contribution in [0, 0.1) is 6.92 Å². The first kappa shape index (κ1) is 22.7. The summed E-state index contributed by atoms with van der Waals surface area (Å²) in [5.41, 5.74) is 8.61. The van der Waals surface area contributed by atoms with E-state index in [-0.39, 0.29) is 18.2 Å². The number of nitrogens with two attached hydrogens (primary N) is 1. The highest BCUT2D eigenvalue weighted by Crippen LogP contribution is 2.34. The average molecular weight is 371 g/mol. The predicted octanol–water partition coefficient (Wildman–Crippen LogP) is 4.40. The number of nitrogens with one attached hydrogen (secondary N) is 1. The topological polar surface area (TPSA) is 64.3 Å². The van der Waals surface area contributed by atoms with Crippen molar-refractivity contribution < 1.29 is 9.53 Å². The van der Waals surface area contributed by atoms with Crippen molar-refractivity contribution in [2.45, 2.75) is 59.0 Å². The van der Waals surface area contributed by atoms with Crippen LogP contribution in [0.1, 0.15) is 56.7 Å². The molecule has 1 unspecified atom stereocenters. The Morgan fingerprint density at radius 2 is 1.63 bits per heavy atom. The maximum absolute atomic E-state index is 11.4. The molecule has 0 radical (unpaired) electrons. The maximum atomic E-state index is 11.4. The van der Waals surface area contributed by atoms with Gasteiger partial charge in [-0.15, -0.1) is 0 Å². The molecule has 3 N–H and O–H groups in total. The number of carbonyl (C=O) groups is 1. The van der Waals surface area contributed by atoms with Crippen LogP contribution < -0.4 is 15.8 Å². The van der Waals surface area contributed by atoms with Gasteiger partial charge in [-0.2, -0.15) is 0 Å². The van der Waals surface area contributed by atoms with E-state index in [2.05, 4.69) is 39.1 Å². The smallest absolute Gasteiger partial charge is 0.218 e. The van der Waals surface area contributed by atoms with Crippen LogP contribution >= 0.6 is 0 Å². The highest BCUT2D eigenvalue weighted by Gasteiger charge is 2.20. The third-order valence-electron chi connectivity index (χ3n) is 4.03. The summed E-state index contributed by atoms with van der Waals surface area (Å²) in [4.78, 5) is 11.4. The molecule has 0 spiro atoms. The Kier molecular flexibility index (Phi) is 9.59. The summed E-state index contributed by atoms with van der Waals surface area (Å²) in [7, 11) is 1.64. The Morgan fingerprint density at radius 3 is 2.07 bits per heavy atom. The van der Waals surface area contributed by atoms with Crippen molar-refractivity contribution in [1.82, 2.24) is 5.32 Å². The lowest BCUT2D eigenvalue weighted by Gasteiger charge is -2.20. The Hall–Kier alpha value is -2.33. The fraction of sp³-hybridized carbons (Fsp3) is 0.435. The highest BCUT2D eigenvalue weighted by molar-refractivity contribution is 5.75. The molecule has 0 aromatic heterocycles. The first-order chi connectivity index (χ1) is 12.7. The minimum Gasteiger partial charge on any atom is -0.496 e. The number of amides is 1. The third kappa shape index (κ3) is 8.27. The van der Waals surface area contributed by atoms with Crippen LogP contribution in [0.25, 0.3) is 0 Å². The van der Waals surface area contributed by atoms with Crippen LogP contribution in [0.5, 0.6) is 5.75 Å². The molecule has 0 aliphatic carbocycles. The van der Waals surface area contributed by atoms with E-state index in [1.165, 1.54) is 0 Å². The van der Waals surface area contributed by atoms with Gasteiger partial charge in [0.05, 0.1) is 7.11 Å². The van der Waals surface area contributed by atoms with Gasteiger partial charge in [-0.05, 0) is 18.6 Å². The number of carbonyl (C=O) groups excluding carboxylic acids is 1. The number of hydrogen-bond acceptors (Lipinski definition) is 3. The van der Waals surface area contributed by atoms with Crippen LogP contribution in [0.3, 0.4) is 0 Å². The summed E-state index contributed by atoms with van der Waals surface area (Å²) in [5.74, 6) is 0.386. The van der Waals surface area contributed by atoms with E-state index >= 15 is 0 Å². The predicted molar refractivity (Wildman–Crippen MR) is 113 cm³/mol. The van der Waals surface area contributed by atoms with Crippen LogP contribution in [0.15, 0.2) is 48.5 Å². The summed E-state index contributed by atoms with van der Waals surface area (Å²) in [5, 5.41) is 3.31. The highest BCUT2D eigenvalue weighted by atomic mass is 16.5. The van der Waals surface area contributed by atoms with Crippen molar-refractivity contribution >= 4 is 5.91 Å². The van der Waals surface area contributed by atoms with Crippen molar-refractivity contribution in [3.05, 3.63) is 65.2 Å². The number of hydrogen-bond donors (Lipinski definition) is 2. The van der Waals surface area contributed by atoms with Crippen LogP contribution in [-0.2, 0) is 4.79 Å². The fourth-order valence-electron chi connectivity index (χ4n) is 3.09. The van der Waals surface area contributed by atoms with E-state index in [1.807, 2.05) is 49.4 Å². The summed E-state index contributed by atoms with van der Waals surface area (Å²) >= 11 is 0. The molecular weight excluding hydrogens is 336 g/mol. The van der Waals surface area contributed by atoms with Crippen molar-refractivity contribution in [1.29, 1.82) is 0 Å². The number of methoxy groups -OCH3 is 1. The van der Waals surface area contributed by atoms with Gasteiger partial charge in [-0.1, -0.05) is 75.7 Å². The van der Waals surface area contributed by atoms with E-state index in [1.54, 1.807) is 7.11 Å². The van der Waals surface area contributed by atoms with Crippen molar-refractivity contribution in [3.8, 4) is 5.75 Å². The molecular formula is C23H34N2O2. The molecule has 1 amide bonds. The molecule has 0 saturated heterocycles. The van der Waals surface area contributed by atoms with Gasteiger partial charge in [-0.25, -0.2) is 0 Å². The molecule has 1 atom stereocenters. The summed E-state index contributed by atoms with van der Waals surface area (Å²) in [6, 6.07) is 17.1. The lowest BCUT2D eigenvalue weighted by atomic mass is 9.87. The third-order valence-corrected chi connectivity index (χ3v) is 4.03. The molecule has 2 aromatic carbocycles. The summed E-state index contributed by atoms with van der Waals surface area (Å²) in [6.07, 6.45) is 0.268. The molecule has 0 saturated carbocycles. The standard InChI is InChI=1S/C17H19NO2.C6H15N/c1-12-8-9-16(20-2)15(10-12)14(11-17(18)19)13-6-4-3-5-7-13;1-5(2)7-6(3)4/h3-10,14H,11H2,1-2H3,(H2,18,19);5-7H,1-4H3. The molecule has 2 aromatic rings. The molecule has 0 bridgehead atoms.